The van der Waals surface area contributed by atoms with Crippen LogP contribution in [0.5, 0.6) is 5.75 Å². The fraction of sp³-hybridized carbons (Fsp3) is 0.133. The van der Waals surface area contributed by atoms with E-state index in [1.54, 1.807) is 24.3 Å². The number of methoxy groups -OCH3 is 1. The van der Waals surface area contributed by atoms with Crippen molar-refractivity contribution in [1.29, 1.82) is 0 Å². The average Bonchev–Trinajstić information content (AvgIpc) is 2.46. The summed E-state index contributed by atoms with van der Waals surface area (Å²) >= 11 is 5.96. The van der Waals surface area contributed by atoms with Crippen molar-refractivity contribution in [3.63, 3.8) is 0 Å². The molecule has 0 saturated carbocycles. The van der Waals surface area contributed by atoms with Crippen LogP contribution in [0.4, 0.5) is 19.3 Å². The van der Waals surface area contributed by atoms with E-state index in [1.165, 1.54) is 0 Å². The Morgan fingerprint density at radius 1 is 1.23 bits per heavy atom. The average molecular weight is 327 g/mol. The highest BCUT2D eigenvalue weighted by Gasteiger charge is 2.13. The van der Waals surface area contributed by atoms with Gasteiger partial charge in [-0.15, -0.1) is 0 Å². The minimum Gasteiger partial charge on any atom is -0.491 e. The van der Waals surface area contributed by atoms with Crippen LogP contribution in [-0.2, 0) is 6.54 Å². The Kier molecular flexibility index (Phi) is 5.16. The van der Waals surface area contributed by atoms with Gasteiger partial charge in [-0.2, -0.15) is 0 Å². The molecule has 2 rings (SSSR count). The molecule has 0 atom stereocenters. The fourth-order valence-electron chi connectivity index (χ4n) is 1.82. The lowest BCUT2D eigenvalue weighted by Crippen LogP contribution is -2.28. The molecule has 0 aliphatic carbocycles. The molecule has 2 aromatic carbocycles. The number of urea groups is 1. The van der Waals surface area contributed by atoms with Gasteiger partial charge in [0.1, 0.15) is 0 Å². The van der Waals surface area contributed by atoms with Crippen LogP contribution in [0, 0.1) is 11.6 Å². The standard InChI is InChI=1S/C15H13ClF2N2O2/c1-22-14-12(17)6-10(7-13(14)18)20-15(21)19-8-9-4-2-3-5-11(9)16/h2-7H,8H2,1H3,(H2,19,20,21). The number of benzene rings is 2. The number of halogens is 3. The quantitative estimate of drug-likeness (QED) is 0.894. The number of anilines is 1. The molecule has 2 aromatic rings. The Hall–Kier alpha value is -2.34. The summed E-state index contributed by atoms with van der Waals surface area (Å²) in [5, 5.41) is 5.40. The first-order chi connectivity index (χ1) is 10.5. The van der Waals surface area contributed by atoms with Crippen molar-refractivity contribution in [1.82, 2.24) is 5.32 Å². The van der Waals surface area contributed by atoms with Crippen LogP contribution in [0.25, 0.3) is 0 Å². The van der Waals surface area contributed by atoms with E-state index >= 15 is 0 Å². The number of amides is 2. The van der Waals surface area contributed by atoms with Crippen molar-refractivity contribution in [2.24, 2.45) is 0 Å². The second-order valence-corrected chi connectivity index (χ2v) is 4.78. The predicted octanol–water partition coefficient (Wildman–Crippen LogP) is 3.95. The molecule has 0 heterocycles. The Morgan fingerprint density at radius 3 is 2.45 bits per heavy atom. The number of carbonyl (C=O) groups excluding carboxylic acids is 1. The minimum atomic E-state index is -0.899. The van der Waals surface area contributed by atoms with E-state index in [4.69, 9.17) is 11.6 Å². The molecule has 2 N–H and O–H groups in total. The topological polar surface area (TPSA) is 50.4 Å². The predicted molar refractivity (Wildman–Crippen MR) is 80.2 cm³/mol. The molecule has 0 bridgehead atoms. The molecular formula is C15H13ClF2N2O2. The van der Waals surface area contributed by atoms with Gasteiger partial charge in [-0.1, -0.05) is 29.8 Å². The number of carbonyl (C=O) groups is 1. The van der Waals surface area contributed by atoms with Crippen molar-refractivity contribution in [2.45, 2.75) is 6.54 Å². The minimum absolute atomic E-state index is 0.0209. The van der Waals surface area contributed by atoms with Crippen molar-refractivity contribution >= 4 is 23.3 Å². The van der Waals surface area contributed by atoms with E-state index in [1.807, 2.05) is 0 Å². The Balaban J connectivity index is 1.99. The van der Waals surface area contributed by atoms with E-state index in [0.717, 1.165) is 24.8 Å². The Morgan fingerprint density at radius 2 is 1.86 bits per heavy atom. The third-order valence-corrected chi connectivity index (χ3v) is 3.23. The number of nitrogens with one attached hydrogen (secondary N) is 2. The lowest BCUT2D eigenvalue weighted by Gasteiger charge is -2.10. The zero-order valence-corrected chi connectivity index (χ0v) is 12.4. The van der Waals surface area contributed by atoms with E-state index < -0.39 is 23.4 Å². The molecule has 0 aliphatic rings. The molecule has 0 aliphatic heterocycles. The second-order valence-electron chi connectivity index (χ2n) is 4.37. The van der Waals surface area contributed by atoms with Crippen LogP contribution in [0.2, 0.25) is 5.02 Å². The maximum absolute atomic E-state index is 13.5. The fourth-order valence-corrected chi connectivity index (χ4v) is 2.02. The van der Waals surface area contributed by atoms with Crippen molar-refractivity contribution in [3.05, 3.63) is 58.6 Å². The Labute approximate surface area is 131 Å². The normalized spacial score (nSPS) is 10.2. The highest BCUT2D eigenvalue weighted by atomic mass is 35.5. The van der Waals surface area contributed by atoms with E-state index in [-0.39, 0.29) is 12.2 Å². The van der Waals surface area contributed by atoms with Gasteiger partial charge in [0, 0.05) is 29.4 Å². The zero-order chi connectivity index (χ0) is 16.1. The molecule has 116 valence electrons. The molecule has 22 heavy (non-hydrogen) atoms. The summed E-state index contributed by atoms with van der Waals surface area (Å²) in [6, 6.07) is 8.35. The zero-order valence-electron chi connectivity index (χ0n) is 11.6. The number of hydrogen-bond donors (Lipinski definition) is 2. The van der Waals surface area contributed by atoms with Crippen LogP contribution >= 0.6 is 11.6 Å². The number of hydrogen-bond acceptors (Lipinski definition) is 2. The smallest absolute Gasteiger partial charge is 0.319 e. The van der Waals surface area contributed by atoms with Crippen LogP contribution in [-0.4, -0.2) is 13.1 Å². The molecule has 2 amide bonds. The van der Waals surface area contributed by atoms with Crippen molar-refractivity contribution < 1.29 is 18.3 Å². The molecular weight excluding hydrogens is 314 g/mol. The summed E-state index contributed by atoms with van der Waals surface area (Å²) < 4.78 is 31.6. The largest absolute Gasteiger partial charge is 0.491 e. The lowest BCUT2D eigenvalue weighted by molar-refractivity contribution is 0.251. The molecule has 7 heteroatoms. The third-order valence-electron chi connectivity index (χ3n) is 2.86. The van der Waals surface area contributed by atoms with Crippen molar-refractivity contribution in [3.8, 4) is 5.75 Å². The summed E-state index contributed by atoms with van der Waals surface area (Å²) in [5.74, 6) is -2.30. The van der Waals surface area contributed by atoms with Gasteiger partial charge >= 0.3 is 6.03 Å². The van der Waals surface area contributed by atoms with Gasteiger partial charge in [0.25, 0.3) is 0 Å². The van der Waals surface area contributed by atoms with Gasteiger partial charge in [0.05, 0.1) is 7.11 Å². The first-order valence-electron chi connectivity index (χ1n) is 6.32. The van der Waals surface area contributed by atoms with Crippen molar-refractivity contribution in [2.75, 3.05) is 12.4 Å². The number of rotatable bonds is 4. The summed E-state index contributed by atoms with van der Waals surface area (Å²) in [6.45, 7) is 0.187. The first kappa shape index (κ1) is 16.0. The SMILES string of the molecule is COc1c(F)cc(NC(=O)NCc2ccccc2Cl)cc1F. The van der Waals surface area contributed by atoms with Gasteiger partial charge in [-0.3, -0.25) is 0 Å². The van der Waals surface area contributed by atoms with E-state index in [2.05, 4.69) is 15.4 Å². The monoisotopic (exact) mass is 326 g/mol. The molecule has 0 unspecified atom stereocenters. The second kappa shape index (κ2) is 7.09. The van der Waals surface area contributed by atoms with Crippen LogP contribution in [0.3, 0.4) is 0 Å². The summed E-state index contributed by atoms with van der Waals surface area (Å²) in [5.41, 5.74) is 0.707. The Bertz CT molecular complexity index is 672. The van der Waals surface area contributed by atoms with Gasteiger partial charge in [0.15, 0.2) is 17.4 Å². The summed E-state index contributed by atoms with van der Waals surface area (Å²) in [7, 11) is 1.16. The summed E-state index contributed by atoms with van der Waals surface area (Å²) in [6.07, 6.45) is 0. The maximum atomic E-state index is 13.5. The maximum Gasteiger partial charge on any atom is 0.319 e. The lowest BCUT2D eigenvalue weighted by atomic mass is 10.2. The molecule has 0 fully saturated rings. The summed E-state index contributed by atoms with van der Waals surface area (Å²) in [4.78, 5) is 11.7. The highest BCUT2D eigenvalue weighted by Crippen LogP contribution is 2.25. The molecule has 0 radical (unpaired) electrons. The van der Waals surface area contributed by atoms with E-state index in [0.29, 0.717) is 5.02 Å². The third kappa shape index (κ3) is 3.85. The van der Waals surface area contributed by atoms with Gasteiger partial charge in [0.2, 0.25) is 0 Å². The molecule has 4 nitrogen and oxygen atoms in total. The molecule has 0 aromatic heterocycles. The van der Waals surface area contributed by atoms with Gasteiger partial charge in [-0.05, 0) is 11.6 Å². The molecule has 0 spiro atoms. The molecule has 0 saturated heterocycles. The van der Waals surface area contributed by atoms with Crippen LogP contribution in [0.15, 0.2) is 36.4 Å². The first-order valence-corrected chi connectivity index (χ1v) is 6.70. The number of ether oxygens (including phenoxy) is 1. The van der Waals surface area contributed by atoms with Gasteiger partial charge in [-0.25, -0.2) is 13.6 Å². The van der Waals surface area contributed by atoms with Crippen LogP contribution < -0.4 is 15.4 Å². The van der Waals surface area contributed by atoms with Crippen LogP contribution in [0.1, 0.15) is 5.56 Å². The van der Waals surface area contributed by atoms with E-state index in [9.17, 15) is 13.6 Å². The highest BCUT2D eigenvalue weighted by molar-refractivity contribution is 6.31. The van der Waals surface area contributed by atoms with Gasteiger partial charge < -0.3 is 15.4 Å².